The number of hydrogen-bond donors (Lipinski definition) is 1. The third kappa shape index (κ3) is 3.55. The fourth-order valence-electron chi connectivity index (χ4n) is 3.17. The van der Waals surface area contributed by atoms with Gasteiger partial charge in [0, 0.05) is 32.0 Å². The van der Waals surface area contributed by atoms with E-state index in [1.807, 2.05) is 47.5 Å². The quantitative estimate of drug-likeness (QED) is 0.884. The number of ether oxygens (including phenoxy) is 2. The molecule has 25 heavy (non-hydrogen) atoms. The number of fused-ring (bicyclic) bond motifs is 1. The molecule has 1 aromatic carbocycles. The zero-order chi connectivity index (χ0) is 16.4. The Bertz CT molecular complexity index is 729. The Morgan fingerprint density at radius 1 is 1.20 bits per heavy atom. The highest BCUT2D eigenvalue weighted by Gasteiger charge is 2.36. The summed E-state index contributed by atoms with van der Waals surface area (Å²) in [6.07, 6.45) is 2.93. The molecule has 2 aromatic rings. The van der Waals surface area contributed by atoms with E-state index in [9.17, 15) is 4.79 Å². The Kier molecular flexibility index (Phi) is 5.40. The first-order valence-electron chi connectivity index (χ1n) is 8.12. The topological polar surface area (TPSA) is 63.7 Å². The van der Waals surface area contributed by atoms with Crippen LogP contribution < -0.4 is 14.8 Å². The molecule has 1 fully saturated rings. The summed E-state index contributed by atoms with van der Waals surface area (Å²) in [7, 11) is 0. The van der Waals surface area contributed by atoms with E-state index < -0.39 is 6.10 Å². The number of aromatic nitrogens is 1. The summed E-state index contributed by atoms with van der Waals surface area (Å²) in [5.41, 5.74) is 1.02. The van der Waals surface area contributed by atoms with E-state index in [4.69, 9.17) is 9.47 Å². The smallest absolute Gasteiger partial charge is 0.267 e. The van der Waals surface area contributed by atoms with Crippen molar-refractivity contribution >= 4 is 18.3 Å². The van der Waals surface area contributed by atoms with Gasteiger partial charge in [-0.15, -0.1) is 12.4 Å². The van der Waals surface area contributed by atoms with E-state index in [1.165, 1.54) is 0 Å². The van der Waals surface area contributed by atoms with Gasteiger partial charge in [0.15, 0.2) is 11.5 Å². The molecule has 6 nitrogen and oxygen atoms in total. The molecule has 2 aliphatic rings. The minimum Gasteiger partial charge on any atom is -0.485 e. The van der Waals surface area contributed by atoms with Crippen LogP contribution in [0.3, 0.4) is 0 Å². The van der Waals surface area contributed by atoms with Gasteiger partial charge in [0.1, 0.15) is 6.61 Å². The normalized spacial score (nSPS) is 22.0. The van der Waals surface area contributed by atoms with E-state index >= 15 is 0 Å². The fraction of sp³-hybridized carbons (Fsp3) is 0.333. The first-order chi connectivity index (χ1) is 11.8. The Labute approximate surface area is 152 Å². The maximum Gasteiger partial charge on any atom is 0.267 e. The van der Waals surface area contributed by atoms with Crippen LogP contribution in [0.5, 0.6) is 11.5 Å². The largest absolute Gasteiger partial charge is 0.485 e. The molecule has 2 unspecified atom stereocenters. The van der Waals surface area contributed by atoms with Gasteiger partial charge >= 0.3 is 0 Å². The Morgan fingerprint density at radius 3 is 2.84 bits per heavy atom. The molecule has 0 saturated carbocycles. The van der Waals surface area contributed by atoms with Crippen LogP contribution in [0, 0.1) is 0 Å². The van der Waals surface area contributed by atoms with Crippen molar-refractivity contribution in [1.82, 2.24) is 15.2 Å². The second kappa shape index (κ2) is 7.72. The number of nitrogens with one attached hydrogen (secondary N) is 1. The molecule has 1 aromatic heterocycles. The molecule has 0 aliphatic carbocycles. The van der Waals surface area contributed by atoms with Crippen molar-refractivity contribution in [2.45, 2.75) is 12.1 Å². The number of piperazine rings is 1. The van der Waals surface area contributed by atoms with Gasteiger partial charge in [0.05, 0.1) is 6.04 Å². The van der Waals surface area contributed by atoms with Crippen molar-refractivity contribution in [3.05, 3.63) is 54.4 Å². The van der Waals surface area contributed by atoms with E-state index in [0.717, 1.165) is 12.1 Å². The van der Waals surface area contributed by atoms with E-state index in [-0.39, 0.29) is 31.0 Å². The zero-order valence-electron chi connectivity index (χ0n) is 13.6. The standard InChI is InChI=1S/C18H19N3O3.ClH/c22-18(17-12-23-15-5-1-2-6-16(15)24-17)21-9-8-20-11-14(21)13-4-3-7-19-10-13;/h1-7,10,14,17,20H,8-9,11-12H2;1H. The van der Waals surface area contributed by atoms with Crippen molar-refractivity contribution in [2.75, 3.05) is 26.2 Å². The van der Waals surface area contributed by atoms with E-state index in [1.54, 1.807) is 6.20 Å². The van der Waals surface area contributed by atoms with Crippen LogP contribution in [0.4, 0.5) is 0 Å². The first kappa shape index (κ1) is 17.5. The summed E-state index contributed by atoms with van der Waals surface area (Å²) in [6, 6.07) is 11.3. The number of rotatable bonds is 2. The molecule has 0 spiro atoms. The van der Waals surface area contributed by atoms with E-state index in [2.05, 4.69) is 10.3 Å². The maximum atomic E-state index is 13.0. The number of carbonyl (C=O) groups excluding carboxylic acids is 1. The molecule has 3 heterocycles. The second-order valence-electron chi connectivity index (χ2n) is 5.90. The molecule has 0 bridgehead atoms. The van der Waals surface area contributed by atoms with Crippen molar-refractivity contribution in [3.8, 4) is 11.5 Å². The third-order valence-corrected chi connectivity index (χ3v) is 4.38. The molecule has 1 saturated heterocycles. The number of halogens is 1. The molecular weight excluding hydrogens is 342 g/mol. The number of benzene rings is 1. The van der Waals surface area contributed by atoms with E-state index in [0.29, 0.717) is 24.6 Å². The van der Waals surface area contributed by atoms with Crippen LogP contribution in [0.2, 0.25) is 0 Å². The number of hydrogen-bond acceptors (Lipinski definition) is 5. The number of amides is 1. The monoisotopic (exact) mass is 361 g/mol. The van der Waals surface area contributed by atoms with Gasteiger partial charge in [-0.3, -0.25) is 9.78 Å². The van der Waals surface area contributed by atoms with Crippen molar-refractivity contribution in [2.24, 2.45) is 0 Å². The third-order valence-electron chi connectivity index (χ3n) is 4.38. The number of carbonyl (C=O) groups is 1. The molecule has 1 amide bonds. The maximum absolute atomic E-state index is 13.0. The van der Waals surface area contributed by atoms with Gasteiger partial charge in [0.25, 0.3) is 5.91 Å². The Hall–Kier alpha value is -2.31. The molecule has 1 N–H and O–H groups in total. The Morgan fingerprint density at radius 2 is 2.04 bits per heavy atom. The van der Waals surface area contributed by atoms with Crippen LogP contribution >= 0.6 is 12.4 Å². The van der Waals surface area contributed by atoms with Gasteiger partial charge in [-0.1, -0.05) is 18.2 Å². The van der Waals surface area contributed by atoms with Crippen LogP contribution in [-0.2, 0) is 4.79 Å². The van der Waals surface area contributed by atoms with Crippen LogP contribution in [-0.4, -0.2) is 48.1 Å². The van der Waals surface area contributed by atoms with Gasteiger partial charge in [-0.2, -0.15) is 0 Å². The SMILES string of the molecule is Cl.O=C(C1COc2ccccc2O1)N1CCNCC1c1cccnc1. The average molecular weight is 362 g/mol. The summed E-state index contributed by atoms with van der Waals surface area (Å²) in [5, 5.41) is 3.34. The van der Waals surface area contributed by atoms with Crippen molar-refractivity contribution < 1.29 is 14.3 Å². The molecule has 7 heteroatoms. The summed E-state index contributed by atoms with van der Waals surface area (Å²) in [4.78, 5) is 19.1. The van der Waals surface area contributed by atoms with Crippen LogP contribution in [0.15, 0.2) is 48.8 Å². The predicted octanol–water partition coefficient (Wildman–Crippen LogP) is 1.82. The number of pyridine rings is 1. The highest BCUT2D eigenvalue weighted by atomic mass is 35.5. The summed E-state index contributed by atoms with van der Waals surface area (Å²) in [6.45, 7) is 2.35. The lowest BCUT2D eigenvalue weighted by atomic mass is 10.0. The van der Waals surface area contributed by atoms with Crippen molar-refractivity contribution in [3.63, 3.8) is 0 Å². The van der Waals surface area contributed by atoms with Gasteiger partial charge in [-0.05, 0) is 23.8 Å². The van der Waals surface area contributed by atoms with Gasteiger partial charge < -0.3 is 19.7 Å². The minimum absolute atomic E-state index is 0. The second-order valence-corrected chi connectivity index (χ2v) is 5.90. The molecule has 132 valence electrons. The lowest BCUT2D eigenvalue weighted by molar-refractivity contribution is -0.144. The summed E-state index contributed by atoms with van der Waals surface area (Å²) >= 11 is 0. The number of para-hydroxylation sites is 2. The zero-order valence-corrected chi connectivity index (χ0v) is 14.4. The summed E-state index contributed by atoms with van der Waals surface area (Å²) in [5.74, 6) is 1.26. The molecule has 2 atom stereocenters. The minimum atomic E-state index is -0.614. The highest BCUT2D eigenvalue weighted by molar-refractivity contribution is 5.85. The van der Waals surface area contributed by atoms with Crippen LogP contribution in [0.1, 0.15) is 11.6 Å². The predicted molar refractivity (Wildman–Crippen MR) is 95.2 cm³/mol. The lowest BCUT2D eigenvalue weighted by Gasteiger charge is -2.39. The van der Waals surface area contributed by atoms with Crippen LogP contribution in [0.25, 0.3) is 0 Å². The molecule has 2 aliphatic heterocycles. The lowest BCUT2D eigenvalue weighted by Crippen LogP contribution is -2.54. The molecule has 4 rings (SSSR count). The highest BCUT2D eigenvalue weighted by Crippen LogP contribution is 2.32. The summed E-state index contributed by atoms with van der Waals surface area (Å²) < 4.78 is 11.6. The first-order valence-corrected chi connectivity index (χ1v) is 8.12. The van der Waals surface area contributed by atoms with Crippen molar-refractivity contribution in [1.29, 1.82) is 0 Å². The van der Waals surface area contributed by atoms with Gasteiger partial charge in [0.2, 0.25) is 6.10 Å². The molecular formula is C18H20ClN3O3. The molecule has 0 radical (unpaired) electrons. The van der Waals surface area contributed by atoms with Gasteiger partial charge in [-0.25, -0.2) is 0 Å². The number of nitrogens with zero attached hydrogens (tertiary/aromatic N) is 2. The fourth-order valence-corrected chi connectivity index (χ4v) is 3.17. The Balaban J connectivity index is 0.00000182. The average Bonchev–Trinajstić information content (AvgIpc) is 2.68.